The van der Waals surface area contributed by atoms with Gasteiger partial charge in [0.05, 0.1) is 11.7 Å². The van der Waals surface area contributed by atoms with Crippen LogP contribution in [0.25, 0.3) is 0 Å². The molecule has 0 aliphatic heterocycles. The van der Waals surface area contributed by atoms with E-state index in [1.54, 1.807) is 0 Å². The summed E-state index contributed by atoms with van der Waals surface area (Å²) in [6.45, 7) is 3.04. The van der Waals surface area contributed by atoms with Gasteiger partial charge in [-0.2, -0.15) is 0 Å². The van der Waals surface area contributed by atoms with E-state index in [0.717, 1.165) is 12.5 Å². The van der Waals surface area contributed by atoms with Crippen molar-refractivity contribution in [3.05, 3.63) is 0 Å². The molecule has 0 radical (unpaired) electrons. The zero-order valence-electron chi connectivity index (χ0n) is 12.1. The van der Waals surface area contributed by atoms with Crippen LogP contribution < -0.4 is 5.73 Å². The quantitative estimate of drug-likeness (QED) is 0.768. The summed E-state index contributed by atoms with van der Waals surface area (Å²) >= 11 is 0. The average molecular weight is 253 g/mol. The first-order valence-electron chi connectivity index (χ1n) is 8.16. The van der Waals surface area contributed by atoms with Gasteiger partial charge in [0.25, 0.3) is 0 Å². The minimum atomic E-state index is 0.0280. The van der Waals surface area contributed by atoms with Gasteiger partial charge in [-0.1, -0.05) is 39.0 Å². The molecule has 2 heteroatoms. The van der Waals surface area contributed by atoms with Crippen LogP contribution in [0.15, 0.2) is 0 Å². The highest BCUT2D eigenvalue weighted by Gasteiger charge is 2.34. The Labute approximate surface area is 113 Å². The lowest BCUT2D eigenvalue weighted by molar-refractivity contribution is -0.112. The molecule has 2 aliphatic rings. The minimum absolute atomic E-state index is 0.0280. The highest BCUT2D eigenvalue weighted by Crippen LogP contribution is 2.35. The maximum absolute atomic E-state index is 6.52. The molecule has 0 amide bonds. The van der Waals surface area contributed by atoms with Crippen LogP contribution in [-0.4, -0.2) is 18.2 Å². The van der Waals surface area contributed by atoms with Gasteiger partial charge in [0.1, 0.15) is 0 Å². The van der Waals surface area contributed by atoms with Crippen LogP contribution in [0.5, 0.6) is 0 Å². The molecule has 2 fully saturated rings. The van der Waals surface area contributed by atoms with Gasteiger partial charge in [-0.15, -0.1) is 0 Å². The predicted molar refractivity (Wildman–Crippen MR) is 76.6 cm³/mol. The van der Waals surface area contributed by atoms with Crippen molar-refractivity contribution in [3.8, 4) is 0 Å². The van der Waals surface area contributed by atoms with Crippen molar-refractivity contribution in [2.24, 2.45) is 11.7 Å². The Balaban J connectivity index is 1.85. The molecular formula is C16H31NO. The van der Waals surface area contributed by atoms with Crippen molar-refractivity contribution >= 4 is 0 Å². The van der Waals surface area contributed by atoms with Crippen molar-refractivity contribution < 1.29 is 4.74 Å². The first-order chi connectivity index (χ1) is 8.78. The topological polar surface area (TPSA) is 35.2 Å². The Kier molecular flexibility index (Phi) is 5.50. The Hall–Kier alpha value is -0.0800. The van der Waals surface area contributed by atoms with Crippen molar-refractivity contribution in [2.45, 2.75) is 89.3 Å². The maximum atomic E-state index is 6.52. The molecule has 18 heavy (non-hydrogen) atoms. The molecule has 0 bridgehead atoms. The molecule has 0 saturated heterocycles. The summed E-state index contributed by atoms with van der Waals surface area (Å²) in [6.07, 6.45) is 14.8. The molecule has 0 atom stereocenters. The fourth-order valence-corrected chi connectivity index (χ4v) is 3.75. The highest BCUT2D eigenvalue weighted by molar-refractivity contribution is 4.86. The smallest absolute Gasteiger partial charge is 0.0807 e. The third-order valence-corrected chi connectivity index (χ3v) is 5.17. The number of hydrogen-bond donors (Lipinski definition) is 1. The van der Waals surface area contributed by atoms with E-state index >= 15 is 0 Å². The summed E-state index contributed by atoms with van der Waals surface area (Å²) < 4.78 is 6.52. The van der Waals surface area contributed by atoms with E-state index in [-0.39, 0.29) is 5.60 Å². The molecule has 2 rings (SSSR count). The van der Waals surface area contributed by atoms with Crippen LogP contribution >= 0.6 is 0 Å². The van der Waals surface area contributed by atoms with E-state index in [1.807, 2.05) is 0 Å². The standard InChI is InChI=1S/C16H31NO/c1-2-14-7-9-15(10-8-14)18-16(13-17)11-5-3-4-6-12-16/h14-15H,2-13,17H2,1H3. The van der Waals surface area contributed by atoms with Gasteiger partial charge in [-0.3, -0.25) is 0 Å². The summed E-state index contributed by atoms with van der Waals surface area (Å²) in [5.41, 5.74) is 6.08. The summed E-state index contributed by atoms with van der Waals surface area (Å²) in [5.74, 6) is 0.952. The molecule has 2 nitrogen and oxygen atoms in total. The molecule has 0 heterocycles. The van der Waals surface area contributed by atoms with Gasteiger partial charge in [0, 0.05) is 6.54 Å². The van der Waals surface area contributed by atoms with E-state index in [1.165, 1.54) is 70.6 Å². The predicted octanol–water partition coefficient (Wildman–Crippen LogP) is 4.02. The molecule has 0 aromatic heterocycles. The summed E-state index contributed by atoms with van der Waals surface area (Å²) in [6, 6.07) is 0. The number of ether oxygens (including phenoxy) is 1. The maximum Gasteiger partial charge on any atom is 0.0807 e. The minimum Gasteiger partial charge on any atom is -0.370 e. The molecular weight excluding hydrogens is 222 g/mol. The summed E-state index contributed by atoms with van der Waals surface area (Å²) in [4.78, 5) is 0. The molecule has 2 aliphatic carbocycles. The Morgan fingerprint density at radius 2 is 1.61 bits per heavy atom. The lowest BCUT2D eigenvalue weighted by atomic mass is 9.85. The van der Waals surface area contributed by atoms with Crippen molar-refractivity contribution in [2.75, 3.05) is 6.54 Å². The zero-order valence-corrected chi connectivity index (χ0v) is 12.1. The second kappa shape index (κ2) is 6.91. The summed E-state index contributed by atoms with van der Waals surface area (Å²) in [7, 11) is 0. The van der Waals surface area contributed by atoms with Crippen LogP contribution in [0.3, 0.4) is 0 Å². The Bertz CT molecular complexity index is 225. The van der Waals surface area contributed by atoms with Crippen LogP contribution in [-0.2, 0) is 4.74 Å². The van der Waals surface area contributed by atoms with Gasteiger partial charge >= 0.3 is 0 Å². The van der Waals surface area contributed by atoms with E-state index in [4.69, 9.17) is 10.5 Å². The second-order valence-electron chi connectivity index (χ2n) is 6.47. The van der Waals surface area contributed by atoms with E-state index in [0.29, 0.717) is 6.10 Å². The summed E-state index contributed by atoms with van der Waals surface area (Å²) in [5, 5.41) is 0. The normalized spacial score (nSPS) is 33.0. The van der Waals surface area contributed by atoms with Crippen LogP contribution in [0.2, 0.25) is 0 Å². The second-order valence-corrected chi connectivity index (χ2v) is 6.47. The largest absolute Gasteiger partial charge is 0.370 e. The molecule has 0 aromatic rings. The van der Waals surface area contributed by atoms with Gasteiger partial charge in [-0.25, -0.2) is 0 Å². The highest BCUT2D eigenvalue weighted by atomic mass is 16.5. The Morgan fingerprint density at radius 3 is 2.11 bits per heavy atom. The van der Waals surface area contributed by atoms with Gasteiger partial charge in [-0.05, 0) is 44.4 Å². The third kappa shape index (κ3) is 3.71. The first-order valence-corrected chi connectivity index (χ1v) is 8.16. The fourth-order valence-electron chi connectivity index (χ4n) is 3.75. The lowest BCUT2D eigenvalue weighted by Gasteiger charge is -2.38. The molecule has 2 N–H and O–H groups in total. The zero-order chi connectivity index (χ0) is 12.8. The lowest BCUT2D eigenvalue weighted by Crippen LogP contribution is -2.44. The van der Waals surface area contributed by atoms with Crippen LogP contribution in [0, 0.1) is 5.92 Å². The van der Waals surface area contributed by atoms with Crippen LogP contribution in [0.4, 0.5) is 0 Å². The van der Waals surface area contributed by atoms with Gasteiger partial charge in [0.15, 0.2) is 0 Å². The average Bonchev–Trinajstić information content (AvgIpc) is 2.66. The first kappa shape index (κ1) is 14.3. The monoisotopic (exact) mass is 253 g/mol. The molecule has 0 unspecified atom stereocenters. The van der Waals surface area contributed by atoms with Gasteiger partial charge < -0.3 is 10.5 Å². The van der Waals surface area contributed by atoms with E-state index in [2.05, 4.69) is 6.92 Å². The molecule has 0 spiro atoms. The van der Waals surface area contributed by atoms with Crippen molar-refractivity contribution in [3.63, 3.8) is 0 Å². The van der Waals surface area contributed by atoms with Gasteiger partial charge in [0.2, 0.25) is 0 Å². The van der Waals surface area contributed by atoms with E-state index < -0.39 is 0 Å². The molecule has 106 valence electrons. The number of hydrogen-bond acceptors (Lipinski definition) is 2. The van der Waals surface area contributed by atoms with Crippen molar-refractivity contribution in [1.82, 2.24) is 0 Å². The number of nitrogens with two attached hydrogens (primary N) is 1. The van der Waals surface area contributed by atoms with E-state index in [9.17, 15) is 0 Å². The third-order valence-electron chi connectivity index (χ3n) is 5.17. The Morgan fingerprint density at radius 1 is 1.00 bits per heavy atom. The van der Waals surface area contributed by atoms with Crippen molar-refractivity contribution in [1.29, 1.82) is 0 Å². The number of rotatable bonds is 4. The fraction of sp³-hybridized carbons (Fsp3) is 1.00. The molecule has 2 saturated carbocycles. The van der Waals surface area contributed by atoms with Crippen LogP contribution in [0.1, 0.15) is 77.6 Å². The SMILES string of the molecule is CCC1CCC(OC2(CN)CCCCCC2)CC1. The molecule has 0 aromatic carbocycles.